The Morgan fingerprint density at radius 1 is 1.32 bits per heavy atom. The minimum Gasteiger partial charge on any atom is -0.497 e. The van der Waals surface area contributed by atoms with E-state index in [9.17, 15) is 5.11 Å². The summed E-state index contributed by atoms with van der Waals surface area (Å²) in [5.41, 5.74) is 0. The Morgan fingerprint density at radius 2 is 2.05 bits per heavy atom. The summed E-state index contributed by atoms with van der Waals surface area (Å²) < 4.78 is 10.6. The smallest absolute Gasteiger partial charge is 0.123 e. The van der Waals surface area contributed by atoms with Gasteiger partial charge >= 0.3 is 0 Å². The molecule has 0 aliphatic rings. The Hall–Kier alpha value is -0.910. The summed E-state index contributed by atoms with van der Waals surface area (Å²) in [6.07, 6.45) is 1.56. The van der Waals surface area contributed by atoms with Crippen LogP contribution in [0, 0.1) is 0 Å². The van der Waals surface area contributed by atoms with Crippen LogP contribution in [0.25, 0.3) is 0 Å². The Kier molecular flexibility index (Phi) is 7.70. The first kappa shape index (κ1) is 16.1. The van der Waals surface area contributed by atoms with Crippen LogP contribution in [-0.4, -0.2) is 49.5 Å². The summed E-state index contributed by atoms with van der Waals surface area (Å²) in [6, 6.07) is 7.36. The summed E-state index contributed by atoms with van der Waals surface area (Å²) in [7, 11) is 1.62. The second-order valence-corrected chi connectivity index (χ2v) is 5.62. The van der Waals surface area contributed by atoms with Crippen LogP contribution >= 0.6 is 11.8 Å². The second-order valence-electron chi connectivity index (χ2n) is 4.35. The molecule has 2 N–H and O–H groups in total. The van der Waals surface area contributed by atoms with E-state index in [1.165, 1.54) is 0 Å². The van der Waals surface area contributed by atoms with Crippen LogP contribution < -0.4 is 14.8 Å². The highest BCUT2D eigenvalue weighted by Gasteiger charge is 2.06. The summed E-state index contributed by atoms with van der Waals surface area (Å²) in [5, 5.41) is 13.6. The number of methoxy groups -OCH3 is 1. The molecule has 1 aromatic carbocycles. The first-order valence-corrected chi connectivity index (χ1v) is 7.63. The van der Waals surface area contributed by atoms with Crippen molar-refractivity contribution in [1.82, 2.24) is 5.32 Å². The quantitative estimate of drug-likeness (QED) is 0.724. The maximum Gasteiger partial charge on any atom is 0.123 e. The van der Waals surface area contributed by atoms with Crippen molar-refractivity contribution in [3.05, 3.63) is 24.3 Å². The molecule has 0 saturated heterocycles. The van der Waals surface area contributed by atoms with Crippen LogP contribution in [0.5, 0.6) is 11.5 Å². The highest BCUT2D eigenvalue weighted by Crippen LogP contribution is 2.18. The number of ether oxygens (including phenoxy) is 2. The van der Waals surface area contributed by atoms with Crippen LogP contribution in [0.15, 0.2) is 24.3 Å². The molecule has 19 heavy (non-hydrogen) atoms. The molecule has 0 radical (unpaired) electrons. The van der Waals surface area contributed by atoms with E-state index in [4.69, 9.17) is 9.47 Å². The van der Waals surface area contributed by atoms with E-state index in [-0.39, 0.29) is 6.61 Å². The van der Waals surface area contributed by atoms with E-state index in [0.29, 0.717) is 17.5 Å². The fraction of sp³-hybridized carbons (Fsp3) is 0.571. The average molecular weight is 285 g/mol. The largest absolute Gasteiger partial charge is 0.497 e. The van der Waals surface area contributed by atoms with Crippen molar-refractivity contribution in [3.8, 4) is 11.5 Å². The number of hydrogen-bond acceptors (Lipinski definition) is 5. The molecular formula is C14H23NO3S. The van der Waals surface area contributed by atoms with Gasteiger partial charge in [-0.2, -0.15) is 11.8 Å². The highest BCUT2D eigenvalue weighted by atomic mass is 32.2. The van der Waals surface area contributed by atoms with Crippen LogP contribution in [0.4, 0.5) is 0 Å². The monoisotopic (exact) mass is 285 g/mol. The van der Waals surface area contributed by atoms with Gasteiger partial charge in [-0.1, -0.05) is 13.0 Å². The van der Waals surface area contributed by atoms with Crippen LogP contribution in [0.2, 0.25) is 0 Å². The molecule has 2 atom stereocenters. The zero-order valence-corrected chi connectivity index (χ0v) is 12.6. The zero-order valence-electron chi connectivity index (χ0n) is 11.8. The van der Waals surface area contributed by atoms with Gasteiger partial charge in [0.1, 0.15) is 24.2 Å². The summed E-state index contributed by atoms with van der Waals surface area (Å²) in [4.78, 5) is 0. The summed E-state index contributed by atoms with van der Waals surface area (Å²) in [5.74, 6) is 1.45. The topological polar surface area (TPSA) is 50.7 Å². The Labute approximate surface area is 119 Å². The van der Waals surface area contributed by atoms with Crippen molar-refractivity contribution in [2.75, 3.05) is 33.1 Å². The van der Waals surface area contributed by atoms with Gasteiger partial charge in [0.15, 0.2) is 0 Å². The van der Waals surface area contributed by atoms with E-state index in [2.05, 4.69) is 18.5 Å². The maximum absolute atomic E-state index is 9.80. The molecule has 1 rings (SSSR count). The van der Waals surface area contributed by atoms with Gasteiger partial charge in [0, 0.05) is 24.4 Å². The lowest BCUT2D eigenvalue weighted by atomic mass is 10.3. The SMILES string of the molecule is COc1cccc(OCC(O)CNCC(C)SC)c1. The number of thioether (sulfide) groups is 1. The lowest BCUT2D eigenvalue weighted by molar-refractivity contribution is 0.106. The van der Waals surface area contributed by atoms with Crippen molar-refractivity contribution in [2.45, 2.75) is 18.3 Å². The van der Waals surface area contributed by atoms with Gasteiger partial charge in [0.05, 0.1) is 7.11 Å². The van der Waals surface area contributed by atoms with Crippen LogP contribution in [-0.2, 0) is 0 Å². The third kappa shape index (κ3) is 6.71. The highest BCUT2D eigenvalue weighted by molar-refractivity contribution is 7.99. The number of benzene rings is 1. The van der Waals surface area contributed by atoms with Crippen molar-refractivity contribution in [2.24, 2.45) is 0 Å². The average Bonchev–Trinajstić information content (AvgIpc) is 2.45. The van der Waals surface area contributed by atoms with Gasteiger partial charge in [-0.05, 0) is 18.4 Å². The van der Waals surface area contributed by atoms with Crippen LogP contribution in [0.3, 0.4) is 0 Å². The third-order valence-corrected chi connectivity index (χ3v) is 3.67. The molecule has 0 spiro atoms. The molecule has 2 unspecified atom stereocenters. The summed E-state index contributed by atoms with van der Waals surface area (Å²) >= 11 is 1.80. The van der Waals surface area contributed by atoms with E-state index in [1.807, 2.05) is 18.2 Å². The number of rotatable bonds is 9. The minimum absolute atomic E-state index is 0.272. The van der Waals surface area contributed by atoms with Crippen molar-refractivity contribution < 1.29 is 14.6 Å². The second kappa shape index (κ2) is 9.07. The minimum atomic E-state index is -0.514. The van der Waals surface area contributed by atoms with Gasteiger partial charge in [-0.15, -0.1) is 0 Å². The fourth-order valence-corrected chi connectivity index (χ4v) is 1.76. The number of hydrogen-bond donors (Lipinski definition) is 2. The van der Waals surface area contributed by atoms with Gasteiger partial charge in [-0.3, -0.25) is 0 Å². The molecule has 4 nitrogen and oxygen atoms in total. The Bertz CT molecular complexity index is 362. The van der Waals surface area contributed by atoms with Crippen molar-refractivity contribution in [3.63, 3.8) is 0 Å². The fourth-order valence-electron chi connectivity index (χ4n) is 1.48. The van der Waals surface area contributed by atoms with Crippen molar-refractivity contribution in [1.29, 1.82) is 0 Å². The molecule has 0 saturated carbocycles. The predicted molar refractivity (Wildman–Crippen MR) is 80.3 cm³/mol. The number of nitrogens with one attached hydrogen (secondary N) is 1. The standard InChI is InChI=1S/C14H23NO3S/c1-11(19-3)8-15-9-12(16)10-18-14-6-4-5-13(7-14)17-2/h4-7,11-12,15-16H,8-10H2,1-3H3. The van der Waals surface area contributed by atoms with Gasteiger partial charge in [-0.25, -0.2) is 0 Å². The van der Waals surface area contributed by atoms with Gasteiger partial charge in [0.25, 0.3) is 0 Å². The van der Waals surface area contributed by atoms with E-state index in [1.54, 1.807) is 24.9 Å². The van der Waals surface area contributed by atoms with E-state index >= 15 is 0 Å². The van der Waals surface area contributed by atoms with E-state index in [0.717, 1.165) is 12.3 Å². The van der Waals surface area contributed by atoms with Crippen LogP contribution in [0.1, 0.15) is 6.92 Å². The number of aliphatic hydroxyl groups excluding tert-OH is 1. The Balaban J connectivity index is 2.23. The van der Waals surface area contributed by atoms with Gasteiger partial charge < -0.3 is 19.9 Å². The molecule has 0 fully saturated rings. The van der Waals surface area contributed by atoms with E-state index < -0.39 is 6.10 Å². The first-order chi connectivity index (χ1) is 9.15. The molecule has 108 valence electrons. The first-order valence-electron chi connectivity index (χ1n) is 6.34. The lowest BCUT2D eigenvalue weighted by Crippen LogP contribution is -2.34. The molecule has 0 aromatic heterocycles. The predicted octanol–water partition coefficient (Wildman–Crippen LogP) is 1.78. The number of aliphatic hydroxyl groups is 1. The molecule has 0 amide bonds. The molecule has 0 heterocycles. The Morgan fingerprint density at radius 3 is 2.74 bits per heavy atom. The molecule has 0 aliphatic heterocycles. The van der Waals surface area contributed by atoms with Gasteiger partial charge in [0.2, 0.25) is 0 Å². The molecule has 1 aromatic rings. The summed E-state index contributed by atoms with van der Waals surface area (Å²) in [6.45, 7) is 3.84. The molecule has 0 bridgehead atoms. The third-order valence-electron chi connectivity index (χ3n) is 2.70. The lowest BCUT2D eigenvalue weighted by Gasteiger charge is -2.15. The molecule has 0 aliphatic carbocycles. The molecular weight excluding hydrogens is 262 g/mol. The molecule has 5 heteroatoms. The zero-order chi connectivity index (χ0) is 14.1. The normalized spacial score (nSPS) is 13.9. The maximum atomic E-state index is 9.80. The van der Waals surface area contributed by atoms with Crippen molar-refractivity contribution >= 4 is 11.8 Å².